The van der Waals surface area contributed by atoms with Gasteiger partial charge in [0.2, 0.25) is 0 Å². The van der Waals surface area contributed by atoms with Crippen molar-refractivity contribution in [3.8, 4) is 6.07 Å². The number of hydrogen-bond donors (Lipinski definition) is 0. The first-order chi connectivity index (χ1) is 5.86. The molecule has 0 aliphatic heterocycles. The highest BCUT2D eigenvalue weighted by Crippen LogP contribution is 2.24. The van der Waals surface area contributed by atoms with Crippen molar-refractivity contribution >= 4 is 21.6 Å². The molecule has 0 unspecified atom stereocenters. The van der Waals surface area contributed by atoms with E-state index in [0.29, 0.717) is 0 Å². The van der Waals surface area contributed by atoms with Crippen LogP contribution in [0.3, 0.4) is 0 Å². The third-order valence-corrected chi connectivity index (χ3v) is 2.81. The largest absolute Gasteiger partial charge is 0.332 e. The van der Waals surface area contributed by atoms with E-state index >= 15 is 0 Å². The average molecular weight is 176 g/mol. The van der Waals surface area contributed by atoms with Crippen LogP contribution in [-0.4, -0.2) is 4.57 Å². The van der Waals surface area contributed by atoms with Gasteiger partial charge in [-0.3, -0.25) is 0 Å². The van der Waals surface area contributed by atoms with E-state index in [1.807, 2.05) is 10.6 Å². The van der Waals surface area contributed by atoms with E-state index in [-0.39, 0.29) is 0 Å². The van der Waals surface area contributed by atoms with Crippen LogP contribution in [0, 0.1) is 11.3 Å². The Labute approximate surface area is 74.7 Å². The molecule has 0 saturated carbocycles. The molecule has 0 radical (unpaired) electrons. The van der Waals surface area contributed by atoms with Crippen molar-refractivity contribution < 1.29 is 0 Å². The normalized spacial score (nSPS) is 10.3. The number of aromatic nitrogens is 1. The zero-order valence-electron chi connectivity index (χ0n) is 6.74. The Kier molecular flexibility index (Phi) is 1.63. The number of fused-ring (bicyclic) bond motifs is 1. The van der Waals surface area contributed by atoms with Gasteiger partial charge in [0.1, 0.15) is 11.8 Å². The molecule has 0 saturated heterocycles. The summed E-state index contributed by atoms with van der Waals surface area (Å²) in [7, 11) is 0. The second kappa shape index (κ2) is 2.65. The Morgan fingerprint density at radius 1 is 1.67 bits per heavy atom. The Morgan fingerprint density at radius 3 is 3.17 bits per heavy atom. The van der Waals surface area contributed by atoms with Crippen molar-refractivity contribution in [3.05, 3.63) is 23.2 Å². The molecule has 2 aromatic heterocycles. The summed E-state index contributed by atoms with van der Waals surface area (Å²) in [6.07, 6.45) is 0. The summed E-state index contributed by atoms with van der Waals surface area (Å²) in [5, 5.41) is 10.9. The van der Waals surface area contributed by atoms with Crippen molar-refractivity contribution in [2.45, 2.75) is 13.5 Å². The topological polar surface area (TPSA) is 28.7 Å². The van der Waals surface area contributed by atoms with Crippen LogP contribution in [0.15, 0.2) is 17.5 Å². The molecule has 0 aliphatic rings. The number of rotatable bonds is 1. The molecule has 0 atom stereocenters. The van der Waals surface area contributed by atoms with Crippen molar-refractivity contribution in [2.75, 3.05) is 0 Å². The van der Waals surface area contributed by atoms with Crippen molar-refractivity contribution in [2.24, 2.45) is 0 Å². The Bertz CT molecular complexity index is 444. The zero-order chi connectivity index (χ0) is 8.55. The molecule has 2 aromatic rings. The van der Waals surface area contributed by atoms with Gasteiger partial charge in [0.15, 0.2) is 0 Å². The first-order valence-corrected chi connectivity index (χ1v) is 4.71. The molecule has 0 aromatic carbocycles. The molecule has 0 bridgehead atoms. The second-order valence-corrected chi connectivity index (χ2v) is 3.50. The Balaban J connectivity index is 2.81. The van der Waals surface area contributed by atoms with Crippen molar-refractivity contribution in [3.63, 3.8) is 0 Å². The van der Waals surface area contributed by atoms with Gasteiger partial charge in [-0.2, -0.15) is 5.26 Å². The summed E-state index contributed by atoms with van der Waals surface area (Å²) in [4.78, 5) is 0. The van der Waals surface area contributed by atoms with Gasteiger partial charge in [-0.25, -0.2) is 0 Å². The van der Waals surface area contributed by atoms with Crippen LogP contribution in [0.25, 0.3) is 10.2 Å². The zero-order valence-corrected chi connectivity index (χ0v) is 7.56. The minimum absolute atomic E-state index is 0.763. The fourth-order valence-electron chi connectivity index (χ4n) is 1.41. The number of hydrogen-bond acceptors (Lipinski definition) is 2. The molecule has 3 heteroatoms. The monoisotopic (exact) mass is 176 g/mol. The highest BCUT2D eigenvalue weighted by Gasteiger charge is 2.06. The van der Waals surface area contributed by atoms with E-state index in [9.17, 15) is 0 Å². The quantitative estimate of drug-likeness (QED) is 0.656. The van der Waals surface area contributed by atoms with Gasteiger partial charge >= 0.3 is 0 Å². The van der Waals surface area contributed by atoms with E-state index in [4.69, 9.17) is 5.26 Å². The predicted molar refractivity (Wildman–Crippen MR) is 50.2 cm³/mol. The highest BCUT2D eigenvalue weighted by atomic mass is 32.1. The van der Waals surface area contributed by atoms with Gasteiger partial charge in [-0.05, 0) is 24.4 Å². The van der Waals surface area contributed by atoms with Crippen LogP contribution >= 0.6 is 11.3 Å². The van der Waals surface area contributed by atoms with E-state index in [1.54, 1.807) is 11.3 Å². The van der Waals surface area contributed by atoms with E-state index in [1.165, 1.54) is 10.2 Å². The average Bonchev–Trinajstić information content (AvgIpc) is 2.61. The third-order valence-electron chi connectivity index (χ3n) is 1.95. The van der Waals surface area contributed by atoms with Crippen molar-refractivity contribution in [1.29, 1.82) is 5.26 Å². The Morgan fingerprint density at radius 2 is 2.50 bits per heavy atom. The smallest absolute Gasteiger partial charge is 0.122 e. The lowest BCUT2D eigenvalue weighted by Gasteiger charge is -1.98. The molecule has 0 amide bonds. The van der Waals surface area contributed by atoms with Gasteiger partial charge in [0.25, 0.3) is 0 Å². The molecule has 2 nitrogen and oxygen atoms in total. The minimum atomic E-state index is 0.763. The molecular formula is C9H8N2S. The highest BCUT2D eigenvalue weighted by molar-refractivity contribution is 7.17. The molecule has 0 fully saturated rings. The van der Waals surface area contributed by atoms with Crippen LogP contribution in [0.1, 0.15) is 12.6 Å². The number of thiophene rings is 1. The van der Waals surface area contributed by atoms with Crippen LogP contribution < -0.4 is 0 Å². The van der Waals surface area contributed by atoms with Crippen LogP contribution in [0.5, 0.6) is 0 Å². The molecule has 2 heterocycles. The summed E-state index contributed by atoms with van der Waals surface area (Å²) in [6.45, 7) is 2.92. The molecular weight excluding hydrogens is 168 g/mol. The van der Waals surface area contributed by atoms with Gasteiger partial charge < -0.3 is 4.57 Å². The summed E-state index contributed by atoms with van der Waals surface area (Å²) >= 11 is 1.68. The summed E-state index contributed by atoms with van der Waals surface area (Å²) in [5.74, 6) is 0. The van der Waals surface area contributed by atoms with Gasteiger partial charge in [-0.15, -0.1) is 11.3 Å². The van der Waals surface area contributed by atoms with Crippen LogP contribution in [-0.2, 0) is 6.54 Å². The SMILES string of the molecule is CCn1c(C#N)cc2sccc21. The van der Waals surface area contributed by atoms with Crippen molar-refractivity contribution in [1.82, 2.24) is 4.57 Å². The maximum absolute atomic E-state index is 8.80. The van der Waals surface area contributed by atoms with Gasteiger partial charge in [0.05, 0.1) is 10.2 Å². The minimum Gasteiger partial charge on any atom is -0.332 e. The molecule has 0 spiro atoms. The molecule has 12 heavy (non-hydrogen) atoms. The summed E-state index contributed by atoms with van der Waals surface area (Å²) in [5.41, 5.74) is 1.94. The fourth-order valence-corrected chi connectivity index (χ4v) is 2.23. The second-order valence-electron chi connectivity index (χ2n) is 2.56. The maximum Gasteiger partial charge on any atom is 0.122 e. The van der Waals surface area contributed by atoms with E-state index in [2.05, 4.69) is 24.4 Å². The summed E-state index contributed by atoms with van der Waals surface area (Å²) in [6, 6.07) is 6.20. The standard InChI is InChI=1S/C9H8N2S/c1-2-11-7(6-10)5-9-8(11)3-4-12-9/h3-5H,2H2,1H3. The van der Waals surface area contributed by atoms with Crippen LogP contribution in [0.4, 0.5) is 0 Å². The fraction of sp³-hybridized carbons (Fsp3) is 0.222. The first-order valence-electron chi connectivity index (χ1n) is 3.83. The Hall–Kier alpha value is -1.27. The predicted octanol–water partition coefficient (Wildman–Crippen LogP) is 2.59. The van der Waals surface area contributed by atoms with E-state index in [0.717, 1.165) is 12.2 Å². The molecule has 0 aliphatic carbocycles. The lowest BCUT2D eigenvalue weighted by Crippen LogP contribution is -1.95. The number of nitrogens with zero attached hydrogens (tertiary/aromatic N) is 2. The molecule has 0 N–H and O–H groups in total. The summed E-state index contributed by atoms with van der Waals surface area (Å²) < 4.78 is 3.24. The maximum atomic E-state index is 8.80. The van der Waals surface area contributed by atoms with Gasteiger partial charge in [-0.1, -0.05) is 0 Å². The first kappa shape index (κ1) is 7.38. The lowest BCUT2D eigenvalue weighted by molar-refractivity contribution is 0.786. The van der Waals surface area contributed by atoms with Crippen LogP contribution in [0.2, 0.25) is 0 Å². The van der Waals surface area contributed by atoms with Gasteiger partial charge in [0, 0.05) is 6.54 Å². The third kappa shape index (κ3) is 0.853. The number of nitriles is 1. The lowest BCUT2D eigenvalue weighted by atomic mass is 10.5. The van der Waals surface area contributed by atoms with E-state index < -0.39 is 0 Å². The molecule has 2 rings (SSSR count). The number of aryl methyl sites for hydroxylation is 1. The molecule has 60 valence electrons.